The molecule has 0 atom stereocenters. The zero-order valence-corrected chi connectivity index (χ0v) is 10.1. The van der Waals surface area contributed by atoms with Crippen LogP contribution in [0.4, 0.5) is 10.1 Å². The lowest BCUT2D eigenvalue weighted by Crippen LogP contribution is -2.00. The van der Waals surface area contributed by atoms with Crippen molar-refractivity contribution in [3.63, 3.8) is 0 Å². The number of hydrogen-bond donors (Lipinski definition) is 2. The molecule has 0 aliphatic carbocycles. The number of halogens is 2. The standard InChI is InChI=1S/C13H11ClFNO2/c14-9-5-4-8(10(15)6-9)7-18-12-3-1-2-11(17)13(12)16/h1-6,17H,7,16H2. The van der Waals surface area contributed by atoms with Gasteiger partial charge in [-0.2, -0.15) is 0 Å². The lowest BCUT2D eigenvalue weighted by atomic mass is 10.2. The molecule has 5 heteroatoms. The Kier molecular flexibility index (Phi) is 3.58. The predicted octanol–water partition coefficient (Wildman–Crippen LogP) is 3.35. The van der Waals surface area contributed by atoms with Crippen LogP contribution in [-0.2, 0) is 6.61 Å². The van der Waals surface area contributed by atoms with Crippen LogP contribution in [0.5, 0.6) is 11.5 Å². The van der Waals surface area contributed by atoms with Crippen molar-refractivity contribution in [2.45, 2.75) is 6.61 Å². The zero-order chi connectivity index (χ0) is 13.1. The van der Waals surface area contributed by atoms with Crippen molar-refractivity contribution in [1.82, 2.24) is 0 Å². The fourth-order valence-corrected chi connectivity index (χ4v) is 1.61. The molecule has 0 fully saturated rings. The van der Waals surface area contributed by atoms with Crippen LogP contribution in [0.15, 0.2) is 36.4 Å². The van der Waals surface area contributed by atoms with Gasteiger partial charge in [-0.25, -0.2) is 4.39 Å². The van der Waals surface area contributed by atoms with Crippen LogP contribution in [0.3, 0.4) is 0 Å². The number of phenolic OH excluding ortho intramolecular Hbond substituents is 1. The first-order chi connectivity index (χ1) is 8.58. The minimum atomic E-state index is -0.443. The van der Waals surface area contributed by atoms with E-state index in [0.717, 1.165) is 0 Å². The van der Waals surface area contributed by atoms with E-state index in [-0.39, 0.29) is 18.0 Å². The van der Waals surface area contributed by atoms with Crippen molar-refractivity contribution >= 4 is 17.3 Å². The number of nitrogens with two attached hydrogens (primary N) is 1. The lowest BCUT2D eigenvalue weighted by molar-refractivity contribution is 0.300. The van der Waals surface area contributed by atoms with Gasteiger partial charge >= 0.3 is 0 Å². The van der Waals surface area contributed by atoms with Crippen molar-refractivity contribution in [1.29, 1.82) is 0 Å². The molecule has 2 rings (SSSR count). The number of anilines is 1. The molecule has 0 aromatic heterocycles. The lowest BCUT2D eigenvalue weighted by Gasteiger charge is -2.10. The summed E-state index contributed by atoms with van der Waals surface area (Å²) in [6, 6.07) is 8.98. The molecule has 3 N–H and O–H groups in total. The van der Waals surface area contributed by atoms with Crippen LogP contribution in [0.2, 0.25) is 5.02 Å². The van der Waals surface area contributed by atoms with Crippen LogP contribution in [0.25, 0.3) is 0 Å². The van der Waals surface area contributed by atoms with E-state index in [1.807, 2.05) is 0 Å². The van der Waals surface area contributed by atoms with E-state index in [9.17, 15) is 9.50 Å². The maximum atomic E-state index is 13.5. The van der Waals surface area contributed by atoms with Gasteiger partial charge in [-0.3, -0.25) is 0 Å². The third kappa shape index (κ3) is 2.65. The smallest absolute Gasteiger partial charge is 0.146 e. The van der Waals surface area contributed by atoms with Gasteiger partial charge in [-0.15, -0.1) is 0 Å². The molecular weight excluding hydrogens is 257 g/mol. The van der Waals surface area contributed by atoms with Gasteiger partial charge in [0.05, 0.1) is 0 Å². The monoisotopic (exact) mass is 267 g/mol. The third-order valence-electron chi connectivity index (χ3n) is 2.44. The van der Waals surface area contributed by atoms with Crippen molar-refractivity contribution in [2.24, 2.45) is 0 Å². The van der Waals surface area contributed by atoms with E-state index in [1.54, 1.807) is 18.2 Å². The normalized spacial score (nSPS) is 10.3. The fraction of sp³-hybridized carbons (Fsp3) is 0.0769. The first-order valence-electron chi connectivity index (χ1n) is 5.22. The summed E-state index contributed by atoms with van der Waals surface area (Å²) in [4.78, 5) is 0. The average Bonchev–Trinajstić information content (AvgIpc) is 2.33. The van der Waals surface area contributed by atoms with Gasteiger partial charge < -0.3 is 15.6 Å². The van der Waals surface area contributed by atoms with Crippen molar-refractivity contribution in [3.8, 4) is 11.5 Å². The second-order valence-corrected chi connectivity index (χ2v) is 4.15. The molecule has 0 bridgehead atoms. The highest BCUT2D eigenvalue weighted by atomic mass is 35.5. The van der Waals surface area contributed by atoms with Gasteiger partial charge in [0, 0.05) is 10.6 Å². The molecule has 2 aromatic rings. The molecule has 0 radical (unpaired) electrons. The Morgan fingerprint density at radius 2 is 2.06 bits per heavy atom. The van der Waals surface area contributed by atoms with Gasteiger partial charge in [-0.1, -0.05) is 23.7 Å². The Balaban J connectivity index is 2.14. The summed E-state index contributed by atoms with van der Waals surface area (Å²) >= 11 is 5.65. The Morgan fingerprint density at radius 1 is 1.28 bits per heavy atom. The minimum Gasteiger partial charge on any atom is -0.506 e. The SMILES string of the molecule is Nc1c(O)cccc1OCc1ccc(Cl)cc1F. The van der Waals surface area contributed by atoms with E-state index >= 15 is 0 Å². The van der Waals surface area contributed by atoms with E-state index in [0.29, 0.717) is 16.3 Å². The van der Waals surface area contributed by atoms with E-state index in [1.165, 1.54) is 18.2 Å². The molecule has 94 valence electrons. The number of benzene rings is 2. The first kappa shape index (κ1) is 12.5. The average molecular weight is 268 g/mol. The summed E-state index contributed by atoms with van der Waals surface area (Å²) in [6.07, 6.45) is 0. The molecular formula is C13H11ClFNO2. The minimum absolute atomic E-state index is 0.0106. The number of para-hydroxylation sites is 1. The molecule has 0 heterocycles. The van der Waals surface area contributed by atoms with Crippen LogP contribution < -0.4 is 10.5 Å². The molecule has 3 nitrogen and oxygen atoms in total. The van der Waals surface area contributed by atoms with Crippen molar-refractivity contribution < 1.29 is 14.2 Å². The second-order valence-electron chi connectivity index (χ2n) is 3.71. The Hall–Kier alpha value is -1.94. The molecule has 0 spiro atoms. The number of phenols is 1. The Morgan fingerprint density at radius 3 is 2.78 bits per heavy atom. The van der Waals surface area contributed by atoms with Gasteiger partial charge in [-0.05, 0) is 24.3 Å². The van der Waals surface area contributed by atoms with E-state index in [4.69, 9.17) is 22.1 Å². The van der Waals surface area contributed by atoms with Crippen molar-refractivity contribution in [3.05, 3.63) is 52.8 Å². The highest BCUT2D eigenvalue weighted by Crippen LogP contribution is 2.30. The highest BCUT2D eigenvalue weighted by Gasteiger charge is 2.07. The predicted molar refractivity (Wildman–Crippen MR) is 68.3 cm³/mol. The molecule has 18 heavy (non-hydrogen) atoms. The maximum Gasteiger partial charge on any atom is 0.146 e. The number of ether oxygens (including phenoxy) is 1. The molecule has 0 unspecified atom stereocenters. The number of nitrogen functional groups attached to an aromatic ring is 1. The number of aromatic hydroxyl groups is 1. The summed E-state index contributed by atoms with van der Waals surface area (Å²) < 4.78 is 18.8. The van der Waals surface area contributed by atoms with Crippen LogP contribution in [-0.4, -0.2) is 5.11 Å². The zero-order valence-electron chi connectivity index (χ0n) is 9.36. The van der Waals surface area contributed by atoms with E-state index < -0.39 is 5.82 Å². The molecule has 0 saturated heterocycles. The highest BCUT2D eigenvalue weighted by molar-refractivity contribution is 6.30. The quantitative estimate of drug-likeness (QED) is 0.662. The summed E-state index contributed by atoms with van der Waals surface area (Å²) in [5, 5.41) is 9.72. The largest absolute Gasteiger partial charge is 0.506 e. The van der Waals surface area contributed by atoms with Crippen LogP contribution in [0.1, 0.15) is 5.56 Å². The van der Waals surface area contributed by atoms with Crippen molar-refractivity contribution in [2.75, 3.05) is 5.73 Å². The maximum absolute atomic E-state index is 13.5. The first-order valence-corrected chi connectivity index (χ1v) is 5.60. The molecule has 0 saturated carbocycles. The Labute approximate surface area is 109 Å². The molecule has 0 aliphatic rings. The number of hydrogen-bond acceptors (Lipinski definition) is 3. The van der Waals surface area contributed by atoms with Crippen LogP contribution >= 0.6 is 11.6 Å². The van der Waals surface area contributed by atoms with Crippen LogP contribution in [0, 0.1) is 5.82 Å². The second kappa shape index (κ2) is 5.14. The molecule has 0 aliphatic heterocycles. The van der Waals surface area contributed by atoms with Gasteiger partial charge in [0.1, 0.15) is 29.6 Å². The topological polar surface area (TPSA) is 55.5 Å². The summed E-state index contributed by atoms with van der Waals surface area (Å²) in [7, 11) is 0. The van der Waals surface area contributed by atoms with E-state index in [2.05, 4.69) is 0 Å². The summed E-state index contributed by atoms with van der Waals surface area (Å²) in [5.41, 5.74) is 6.11. The van der Waals surface area contributed by atoms with Gasteiger partial charge in [0.2, 0.25) is 0 Å². The third-order valence-corrected chi connectivity index (χ3v) is 2.68. The fourth-order valence-electron chi connectivity index (χ4n) is 1.45. The van der Waals surface area contributed by atoms with Gasteiger partial charge in [0.15, 0.2) is 0 Å². The van der Waals surface area contributed by atoms with Gasteiger partial charge in [0.25, 0.3) is 0 Å². The Bertz CT molecular complexity index is 575. The summed E-state index contributed by atoms with van der Waals surface area (Å²) in [5.74, 6) is -0.199. The number of rotatable bonds is 3. The summed E-state index contributed by atoms with van der Waals surface area (Å²) in [6.45, 7) is 0.0106. The molecule has 2 aromatic carbocycles. The molecule has 0 amide bonds.